The molecule has 2 amide bonds. The number of carbonyl (C=O) groups excluding carboxylic acids is 1. The lowest BCUT2D eigenvalue weighted by Crippen LogP contribution is -2.36. The first kappa shape index (κ1) is 17.0. The summed E-state index contributed by atoms with van der Waals surface area (Å²) in [6.45, 7) is 0.467. The van der Waals surface area contributed by atoms with Crippen molar-refractivity contribution in [2.24, 2.45) is 0 Å². The summed E-state index contributed by atoms with van der Waals surface area (Å²) in [5.74, 6) is -0.363. The molecule has 0 fully saturated rings. The minimum Gasteiger partial charge on any atom is -0.334 e. The molecule has 1 N–H and O–H groups in total. The summed E-state index contributed by atoms with van der Waals surface area (Å²) < 4.78 is 14.4. The first-order chi connectivity index (χ1) is 11.0. The number of carbonyl (C=O) groups is 1. The topological polar surface area (TPSA) is 56.1 Å². The zero-order chi connectivity index (χ0) is 16.8. The highest BCUT2D eigenvalue weighted by Gasteiger charge is 2.10. The molecule has 0 saturated carbocycles. The van der Waals surface area contributed by atoms with E-state index in [9.17, 15) is 9.18 Å². The SMILES string of the molecule is CN(Cc1cccc(C#N)c1)C(=O)NCc1cc(Br)ccc1F. The molecule has 2 rings (SSSR count). The summed E-state index contributed by atoms with van der Waals surface area (Å²) in [5, 5.41) is 11.6. The Morgan fingerprint density at radius 1 is 1.35 bits per heavy atom. The third kappa shape index (κ3) is 4.80. The van der Waals surface area contributed by atoms with Crippen molar-refractivity contribution in [1.82, 2.24) is 10.2 Å². The third-order valence-electron chi connectivity index (χ3n) is 3.26. The van der Waals surface area contributed by atoms with Crippen LogP contribution in [0, 0.1) is 17.1 Å². The minimum atomic E-state index is -0.363. The summed E-state index contributed by atoms with van der Waals surface area (Å²) in [4.78, 5) is 13.6. The van der Waals surface area contributed by atoms with Crippen molar-refractivity contribution in [3.8, 4) is 6.07 Å². The van der Waals surface area contributed by atoms with Gasteiger partial charge in [0, 0.05) is 30.2 Å². The lowest BCUT2D eigenvalue weighted by Gasteiger charge is -2.18. The number of halogens is 2. The van der Waals surface area contributed by atoms with Crippen molar-refractivity contribution < 1.29 is 9.18 Å². The maximum Gasteiger partial charge on any atom is 0.317 e. The van der Waals surface area contributed by atoms with Crippen LogP contribution in [0.2, 0.25) is 0 Å². The van der Waals surface area contributed by atoms with Gasteiger partial charge in [0.05, 0.1) is 11.6 Å². The van der Waals surface area contributed by atoms with Crippen LogP contribution in [-0.4, -0.2) is 18.0 Å². The Morgan fingerprint density at radius 3 is 2.87 bits per heavy atom. The van der Waals surface area contributed by atoms with Crippen LogP contribution in [0.4, 0.5) is 9.18 Å². The molecule has 4 nitrogen and oxygen atoms in total. The van der Waals surface area contributed by atoms with Crippen molar-refractivity contribution in [2.45, 2.75) is 13.1 Å². The second-order valence-electron chi connectivity index (χ2n) is 5.06. The van der Waals surface area contributed by atoms with Crippen molar-refractivity contribution in [3.05, 3.63) is 69.4 Å². The van der Waals surface area contributed by atoms with Gasteiger partial charge in [0.2, 0.25) is 0 Å². The number of amides is 2. The third-order valence-corrected chi connectivity index (χ3v) is 3.75. The molecule has 118 valence electrons. The van der Waals surface area contributed by atoms with E-state index >= 15 is 0 Å². The van der Waals surface area contributed by atoms with Gasteiger partial charge in [-0.05, 0) is 35.9 Å². The quantitative estimate of drug-likeness (QED) is 0.883. The molecule has 2 aromatic carbocycles. The zero-order valence-corrected chi connectivity index (χ0v) is 14.1. The van der Waals surface area contributed by atoms with Crippen LogP contribution in [0.15, 0.2) is 46.9 Å². The summed E-state index contributed by atoms with van der Waals surface area (Å²) >= 11 is 3.27. The summed E-state index contributed by atoms with van der Waals surface area (Å²) in [6.07, 6.45) is 0. The maximum absolute atomic E-state index is 13.6. The van der Waals surface area contributed by atoms with Crippen LogP contribution < -0.4 is 5.32 Å². The number of rotatable bonds is 4. The van der Waals surface area contributed by atoms with Gasteiger partial charge in [0.25, 0.3) is 0 Å². The molecule has 6 heteroatoms. The van der Waals surface area contributed by atoms with Crippen LogP contribution in [0.1, 0.15) is 16.7 Å². The van der Waals surface area contributed by atoms with Crippen molar-refractivity contribution >= 4 is 22.0 Å². The van der Waals surface area contributed by atoms with Gasteiger partial charge in [-0.15, -0.1) is 0 Å². The predicted molar refractivity (Wildman–Crippen MR) is 89.0 cm³/mol. The second kappa shape index (κ2) is 7.75. The Hall–Kier alpha value is -2.39. The van der Waals surface area contributed by atoms with Gasteiger partial charge >= 0.3 is 6.03 Å². The fraction of sp³-hybridized carbons (Fsp3) is 0.176. The Bertz CT molecular complexity index is 758. The van der Waals surface area contributed by atoms with Crippen LogP contribution in [-0.2, 0) is 13.1 Å². The molecule has 0 spiro atoms. The largest absolute Gasteiger partial charge is 0.334 e. The van der Waals surface area contributed by atoms with E-state index in [-0.39, 0.29) is 18.4 Å². The van der Waals surface area contributed by atoms with Crippen LogP contribution in [0.5, 0.6) is 0 Å². The van der Waals surface area contributed by atoms with Gasteiger partial charge in [-0.2, -0.15) is 5.26 Å². The number of urea groups is 1. The fourth-order valence-electron chi connectivity index (χ4n) is 2.07. The molecular weight excluding hydrogens is 361 g/mol. The molecule has 0 unspecified atom stereocenters. The molecule has 0 aliphatic heterocycles. The van der Waals surface area contributed by atoms with Crippen LogP contribution in [0.3, 0.4) is 0 Å². The summed E-state index contributed by atoms with van der Waals surface area (Å²) in [7, 11) is 1.64. The molecule has 2 aromatic rings. The highest BCUT2D eigenvalue weighted by Crippen LogP contribution is 2.15. The van der Waals surface area contributed by atoms with Gasteiger partial charge in [0.15, 0.2) is 0 Å². The van der Waals surface area contributed by atoms with Crippen LogP contribution >= 0.6 is 15.9 Å². The lowest BCUT2D eigenvalue weighted by atomic mass is 10.1. The molecule has 0 radical (unpaired) electrons. The number of hydrogen-bond acceptors (Lipinski definition) is 2. The molecule has 23 heavy (non-hydrogen) atoms. The average Bonchev–Trinajstić information content (AvgIpc) is 2.55. The second-order valence-corrected chi connectivity index (χ2v) is 5.98. The highest BCUT2D eigenvalue weighted by molar-refractivity contribution is 9.10. The Morgan fingerprint density at radius 2 is 2.13 bits per heavy atom. The van der Waals surface area contributed by atoms with E-state index in [1.54, 1.807) is 37.4 Å². The summed E-state index contributed by atoms with van der Waals surface area (Å²) in [6, 6.07) is 13.4. The first-order valence-corrected chi connectivity index (χ1v) is 7.71. The van der Waals surface area contributed by atoms with E-state index in [0.29, 0.717) is 17.7 Å². The Labute approximate surface area is 142 Å². The van der Waals surface area contributed by atoms with E-state index in [4.69, 9.17) is 5.26 Å². The minimum absolute atomic E-state index is 0.104. The predicted octanol–water partition coefficient (Wildman–Crippen LogP) is 3.80. The average molecular weight is 376 g/mol. The van der Waals surface area contributed by atoms with Gasteiger partial charge in [0.1, 0.15) is 5.82 Å². The van der Waals surface area contributed by atoms with E-state index in [1.807, 2.05) is 6.07 Å². The van der Waals surface area contributed by atoms with Gasteiger partial charge in [-0.25, -0.2) is 9.18 Å². The van der Waals surface area contributed by atoms with Crippen molar-refractivity contribution in [1.29, 1.82) is 5.26 Å². The molecule has 0 aromatic heterocycles. The molecular formula is C17H15BrFN3O. The van der Waals surface area contributed by atoms with Gasteiger partial charge < -0.3 is 10.2 Å². The fourth-order valence-corrected chi connectivity index (χ4v) is 2.48. The number of benzene rings is 2. The molecule has 0 bridgehead atoms. The Balaban J connectivity index is 1.95. The van der Waals surface area contributed by atoms with E-state index in [2.05, 4.69) is 27.3 Å². The van der Waals surface area contributed by atoms with Gasteiger partial charge in [-0.3, -0.25) is 0 Å². The number of nitrogens with zero attached hydrogens (tertiary/aromatic N) is 2. The number of nitrogens with one attached hydrogen (secondary N) is 1. The smallest absolute Gasteiger partial charge is 0.317 e. The lowest BCUT2D eigenvalue weighted by molar-refractivity contribution is 0.206. The standard InChI is InChI=1S/C17H15BrFN3O/c1-22(11-13-4-2-3-12(7-13)9-20)17(23)21-10-14-8-15(18)5-6-16(14)19/h2-8H,10-11H2,1H3,(H,21,23). The monoisotopic (exact) mass is 375 g/mol. The molecule has 0 heterocycles. The number of nitriles is 1. The molecule has 0 aliphatic carbocycles. The molecule has 0 saturated heterocycles. The van der Waals surface area contributed by atoms with E-state index in [0.717, 1.165) is 10.0 Å². The van der Waals surface area contributed by atoms with Gasteiger partial charge in [-0.1, -0.05) is 28.1 Å². The molecule has 0 atom stereocenters. The number of hydrogen-bond donors (Lipinski definition) is 1. The molecule has 0 aliphatic rings. The highest BCUT2D eigenvalue weighted by atomic mass is 79.9. The first-order valence-electron chi connectivity index (χ1n) is 6.91. The van der Waals surface area contributed by atoms with E-state index in [1.165, 1.54) is 11.0 Å². The van der Waals surface area contributed by atoms with Crippen molar-refractivity contribution in [3.63, 3.8) is 0 Å². The van der Waals surface area contributed by atoms with Crippen LogP contribution in [0.25, 0.3) is 0 Å². The van der Waals surface area contributed by atoms with E-state index < -0.39 is 0 Å². The normalized spacial score (nSPS) is 10.0. The Kier molecular flexibility index (Phi) is 5.72. The summed E-state index contributed by atoms with van der Waals surface area (Å²) in [5.41, 5.74) is 1.82. The zero-order valence-electron chi connectivity index (χ0n) is 12.5. The van der Waals surface area contributed by atoms with Crippen molar-refractivity contribution in [2.75, 3.05) is 7.05 Å². The maximum atomic E-state index is 13.6.